The molecule has 2 heterocycles. The Morgan fingerprint density at radius 2 is 2.21 bits per heavy atom. The highest BCUT2D eigenvalue weighted by molar-refractivity contribution is 7.99. The van der Waals surface area contributed by atoms with E-state index in [9.17, 15) is 4.79 Å². The first-order valence-corrected chi connectivity index (χ1v) is 10.2. The predicted octanol–water partition coefficient (Wildman–Crippen LogP) is 3.88. The molecule has 7 heteroatoms. The minimum atomic E-state index is 0.0432. The van der Waals surface area contributed by atoms with E-state index in [-0.39, 0.29) is 11.9 Å². The molecule has 0 bridgehead atoms. The van der Waals surface area contributed by atoms with Gasteiger partial charge in [0, 0.05) is 17.3 Å². The molecule has 2 rings (SSSR count). The fourth-order valence-electron chi connectivity index (χ4n) is 2.35. The van der Waals surface area contributed by atoms with Crippen molar-refractivity contribution in [3.8, 4) is 0 Å². The van der Waals surface area contributed by atoms with Crippen LogP contribution < -0.4 is 5.32 Å². The number of aromatic nitrogens is 3. The van der Waals surface area contributed by atoms with E-state index in [2.05, 4.69) is 47.3 Å². The Balaban J connectivity index is 1.67. The van der Waals surface area contributed by atoms with Crippen molar-refractivity contribution in [2.45, 2.75) is 57.7 Å². The lowest BCUT2D eigenvalue weighted by atomic mass is 10.0. The Labute approximate surface area is 152 Å². The van der Waals surface area contributed by atoms with Gasteiger partial charge in [-0.25, -0.2) is 4.98 Å². The van der Waals surface area contributed by atoms with Gasteiger partial charge in [0.05, 0.1) is 5.75 Å². The Hall–Kier alpha value is -1.34. The average Bonchev–Trinajstić information content (AvgIpc) is 3.17. The number of aromatic amines is 1. The van der Waals surface area contributed by atoms with Crippen LogP contribution in [0.15, 0.2) is 22.7 Å². The van der Waals surface area contributed by atoms with E-state index in [4.69, 9.17) is 0 Å². The molecular formula is C17H26N4OS2. The summed E-state index contributed by atoms with van der Waals surface area (Å²) in [5.74, 6) is 1.95. The quantitative estimate of drug-likeness (QED) is 0.626. The second kappa shape index (κ2) is 9.84. The first-order chi connectivity index (χ1) is 11.5. The van der Waals surface area contributed by atoms with Crippen LogP contribution in [0.3, 0.4) is 0 Å². The van der Waals surface area contributed by atoms with E-state index in [0.717, 1.165) is 31.0 Å². The topological polar surface area (TPSA) is 70.7 Å². The number of amides is 1. The minimum absolute atomic E-state index is 0.0432. The zero-order valence-electron chi connectivity index (χ0n) is 14.5. The molecule has 0 spiro atoms. The van der Waals surface area contributed by atoms with Gasteiger partial charge in [-0.3, -0.25) is 9.89 Å². The molecule has 132 valence electrons. The summed E-state index contributed by atoms with van der Waals surface area (Å²) in [6.07, 6.45) is 4.14. The lowest BCUT2D eigenvalue weighted by Gasteiger charge is -2.14. The normalized spacial score (nSPS) is 12.5. The molecule has 0 aliphatic rings. The molecule has 0 aromatic carbocycles. The van der Waals surface area contributed by atoms with E-state index in [1.54, 1.807) is 11.3 Å². The third kappa shape index (κ3) is 7.05. The average molecular weight is 367 g/mol. The van der Waals surface area contributed by atoms with Crippen LogP contribution in [0, 0.1) is 5.92 Å². The van der Waals surface area contributed by atoms with Gasteiger partial charge < -0.3 is 5.32 Å². The number of rotatable bonds is 10. The largest absolute Gasteiger partial charge is 0.353 e. The maximum absolute atomic E-state index is 12.0. The predicted molar refractivity (Wildman–Crippen MR) is 101 cm³/mol. The lowest BCUT2D eigenvalue weighted by Crippen LogP contribution is -2.33. The van der Waals surface area contributed by atoms with Crippen LogP contribution in [0.1, 0.15) is 50.7 Å². The number of thioether (sulfide) groups is 1. The van der Waals surface area contributed by atoms with Crippen molar-refractivity contribution in [2.75, 3.05) is 5.75 Å². The number of carbonyl (C=O) groups is 1. The summed E-state index contributed by atoms with van der Waals surface area (Å²) in [4.78, 5) is 17.7. The van der Waals surface area contributed by atoms with Crippen LogP contribution in [0.25, 0.3) is 0 Å². The summed E-state index contributed by atoms with van der Waals surface area (Å²) >= 11 is 3.07. The smallest absolute Gasteiger partial charge is 0.230 e. The van der Waals surface area contributed by atoms with Gasteiger partial charge >= 0.3 is 0 Å². The second-order valence-corrected chi connectivity index (χ2v) is 8.38. The zero-order valence-corrected chi connectivity index (χ0v) is 16.2. The molecule has 1 atom stereocenters. The van der Waals surface area contributed by atoms with E-state index in [1.165, 1.54) is 23.1 Å². The molecule has 2 aromatic heterocycles. The summed E-state index contributed by atoms with van der Waals surface area (Å²) in [5, 5.41) is 12.8. The van der Waals surface area contributed by atoms with Gasteiger partial charge in [0.1, 0.15) is 5.82 Å². The van der Waals surface area contributed by atoms with E-state index >= 15 is 0 Å². The first-order valence-electron chi connectivity index (χ1n) is 8.38. The molecule has 0 aliphatic carbocycles. The summed E-state index contributed by atoms with van der Waals surface area (Å²) < 4.78 is 0. The molecule has 0 saturated carbocycles. The summed E-state index contributed by atoms with van der Waals surface area (Å²) in [5.41, 5.74) is 0. The standard InChI is InChI=1S/C17H26N4OS2/c1-12(2)6-4-7-13(3)18-16(22)11-24-17-19-15(20-21-17)10-14-8-5-9-23-14/h5,8-9,12-13H,4,6-7,10-11H2,1-3H3,(H,18,22)(H,19,20,21). The van der Waals surface area contributed by atoms with Gasteiger partial charge in [-0.2, -0.15) is 0 Å². The van der Waals surface area contributed by atoms with Crippen molar-refractivity contribution in [2.24, 2.45) is 5.92 Å². The van der Waals surface area contributed by atoms with Gasteiger partial charge in [-0.1, -0.05) is 44.5 Å². The third-order valence-electron chi connectivity index (χ3n) is 3.59. The Bertz CT molecular complexity index is 610. The van der Waals surface area contributed by atoms with Gasteiger partial charge in [0.25, 0.3) is 0 Å². The summed E-state index contributed by atoms with van der Waals surface area (Å²) in [6.45, 7) is 6.52. The lowest BCUT2D eigenvalue weighted by molar-refractivity contribution is -0.119. The van der Waals surface area contributed by atoms with Crippen molar-refractivity contribution < 1.29 is 4.79 Å². The fraction of sp³-hybridized carbons (Fsp3) is 0.588. The van der Waals surface area contributed by atoms with Gasteiger partial charge in [0.2, 0.25) is 11.1 Å². The monoisotopic (exact) mass is 366 g/mol. The molecule has 2 N–H and O–H groups in total. The molecular weight excluding hydrogens is 340 g/mol. The molecule has 0 radical (unpaired) electrons. The molecule has 1 amide bonds. The second-order valence-electron chi connectivity index (χ2n) is 6.40. The molecule has 0 aliphatic heterocycles. The van der Waals surface area contributed by atoms with E-state index < -0.39 is 0 Å². The molecule has 1 unspecified atom stereocenters. The number of hydrogen-bond donors (Lipinski definition) is 2. The fourth-order valence-corrected chi connectivity index (χ4v) is 3.69. The van der Waals surface area contributed by atoms with Crippen LogP contribution in [0.2, 0.25) is 0 Å². The number of nitrogens with zero attached hydrogens (tertiary/aromatic N) is 2. The number of H-pyrrole nitrogens is 1. The van der Waals surface area contributed by atoms with Crippen LogP contribution in [0.5, 0.6) is 0 Å². The highest BCUT2D eigenvalue weighted by Crippen LogP contribution is 2.16. The van der Waals surface area contributed by atoms with Crippen molar-refractivity contribution in [1.29, 1.82) is 0 Å². The van der Waals surface area contributed by atoms with Crippen molar-refractivity contribution in [1.82, 2.24) is 20.5 Å². The SMILES string of the molecule is CC(C)CCCC(C)NC(=O)CSc1n[nH]c(Cc2cccs2)n1. The minimum Gasteiger partial charge on any atom is -0.353 e. The van der Waals surface area contributed by atoms with Crippen molar-refractivity contribution >= 4 is 29.0 Å². The number of thiophene rings is 1. The molecule has 2 aromatic rings. The molecule has 5 nitrogen and oxygen atoms in total. The van der Waals surface area contributed by atoms with Crippen LogP contribution in [0.4, 0.5) is 0 Å². The van der Waals surface area contributed by atoms with E-state index in [1.807, 2.05) is 11.4 Å². The van der Waals surface area contributed by atoms with Crippen molar-refractivity contribution in [3.63, 3.8) is 0 Å². The summed E-state index contributed by atoms with van der Waals surface area (Å²) in [7, 11) is 0. The maximum atomic E-state index is 12.0. The van der Waals surface area contributed by atoms with Crippen LogP contribution >= 0.6 is 23.1 Å². The molecule has 24 heavy (non-hydrogen) atoms. The Morgan fingerprint density at radius 3 is 2.92 bits per heavy atom. The maximum Gasteiger partial charge on any atom is 0.230 e. The van der Waals surface area contributed by atoms with Gasteiger partial charge in [-0.15, -0.1) is 16.4 Å². The first kappa shape index (κ1) is 19.0. The van der Waals surface area contributed by atoms with Gasteiger partial charge in [0.15, 0.2) is 0 Å². The summed E-state index contributed by atoms with van der Waals surface area (Å²) in [6, 6.07) is 4.32. The van der Waals surface area contributed by atoms with E-state index in [0.29, 0.717) is 10.9 Å². The highest BCUT2D eigenvalue weighted by Gasteiger charge is 2.11. The third-order valence-corrected chi connectivity index (χ3v) is 5.32. The zero-order chi connectivity index (χ0) is 17.4. The molecule has 0 fully saturated rings. The van der Waals surface area contributed by atoms with Crippen LogP contribution in [-0.2, 0) is 11.2 Å². The molecule has 0 saturated heterocycles. The van der Waals surface area contributed by atoms with Crippen LogP contribution in [-0.4, -0.2) is 32.9 Å². The van der Waals surface area contributed by atoms with Gasteiger partial charge in [-0.05, 0) is 30.7 Å². The Morgan fingerprint density at radius 1 is 1.38 bits per heavy atom. The Kier molecular flexibility index (Phi) is 7.78. The highest BCUT2D eigenvalue weighted by atomic mass is 32.2. The van der Waals surface area contributed by atoms with Crippen molar-refractivity contribution in [3.05, 3.63) is 28.2 Å². The number of carbonyl (C=O) groups excluding carboxylic acids is 1. The number of hydrogen-bond acceptors (Lipinski definition) is 5. The number of nitrogens with one attached hydrogen (secondary N) is 2.